The molecule has 0 bridgehead atoms. The van der Waals surface area contributed by atoms with Crippen LogP contribution in [-0.4, -0.2) is 17.6 Å². The van der Waals surface area contributed by atoms with Gasteiger partial charge in [0.1, 0.15) is 0 Å². The number of hydrogen-bond acceptors (Lipinski definition) is 4. The first-order chi connectivity index (χ1) is 9.67. The van der Waals surface area contributed by atoms with E-state index in [9.17, 15) is 4.79 Å². The van der Waals surface area contributed by atoms with E-state index in [1.165, 1.54) is 5.56 Å². The number of aromatic nitrogens is 1. The smallest absolute Gasteiger partial charge is 0.339 e. The Bertz CT molecular complexity index is 604. The third-order valence-electron chi connectivity index (χ3n) is 3.05. The molecule has 0 aliphatic heterocycles. The van der Waals surface area contributed by atoms with Gasteiger partial charge >= 0.3 is 5.97 Å². The highest BCUT2D eigenvalue weighted by atomic mass is 32.1. The number of carbonyl (C=O) groups excluding carboxylic acids is 1. The van der Waals surface area contributed by atoms with Gasteiger partial charge in [0.2, 0.25) is 0 Å². The molecule has 3 nitrogen and oxygen atoms in total. The zero-order valence-electron chi connectivity index (χ0n) is 12.1. The number of ether oxygens (including phenoxy) is 1. The molecule has 0 aromatic carbocycles. The van der Waals surface area contributed by atoms with Crippen LogP contribution in [0.25, 0.3) is 10.6 Å². The molecule has 0 fully saturated rings. The van der Waals surface area contributed by atoms with E-state index in [4.69, 9.17) is 4.74 Å². The van der Waals surface area contributed by atoms with Gasteiger partial charge in [-0.3, -0.25) is 4.98 Å². The van der Waals surface area contributed by atoms with Gasteiger partial charge in [0, 0.05) is 0 Å². The lowest BCUT2D eigenvalue weighted by Crippen LogP contribution is -2.10. The Morgan fingerprint density at radius 1 is 1.30 bits per heavy atom. The predicted molar refractivity (Wildman–Crippen MR) is 82.2 cm³/mol. The van der Waals surface area contributed by atoms with E-state index in [2.05, 4.69) is 30.3 Å². The molecule has 0 amide bonds. The minimum absolute atomic E-state index is 0.280. The average Bonchev–Trinajstić information content (AvgIpc) is 2.85. The summed E-state index contributed by atoms with van der Waals surface area (Å²) >= 11 is 1.68. The zero-order valence-corrected chi connectivity index (χ0v) is 12.9. The van der Waals surface area contributed by atoms with Crippen LogP contribution in [0.2, 0.25) is 0 Å². The van der Waals surface area contributed by atoms with Crippen LogP contribution < -0.4 is 0 Å². The second-order valence-electron chi connectivity index (χ2n) is 4.59. The Morgan fingerprint density at radius 3 is 2.70 bits per heavy atom. The van der Waals surface area contributed by atoms with Crippen molar-refractivity contribution in [1.29, 1.82) is 0 Å². The summed E-state index contributed by atoms with van der Waals surface area (Å²) < 4.78 is 5.09. The monoisotopic (exact) mass is 289 g/mol. The van der Waals surface area contributed by atoms with Crippen LogP contribution in [-0.2, 0) is 11.2 Å². The number of carbonyl (C=O) groups is 1. The van der Waals surface area contributed by atoms with Gasteiger partial charge in [-0.15, -0.1) is 11.3 Å². The van der Waals surface area contributed by atoms with Crippen molar-refractivity contribution in [3.05, 3.63) is 40.4 Å². The number of hydrogen-bond donors (Lipinski definition) is 0. The molecule has 0 spiro atoms. The second kappa shape index (κ2) is 6.66. The number of rotatable bonds is 5. The lowest BCUT2D eigenvalue weighted by Gasteiger charge is -2.09. The van der Waals surface area contributed by atoms with Crippen LogP contribution in [0, 0.1) is 6.92 Å². The first-order valence-electron chi connectivity index (χ1n) is 6.88. The van der Waals surface area contributed by atoms with Crippen molar-refractivity contribution in [3.63, 3.8) is 0 Å². The van der Waals surface area contributed by atoms with E-state index in [0.717, 1.165) is 29.1 Å². The Labute approximate surface area is 123 Å². The summed E-state index contributed by atoms with van der Waals surface area (Å²) in [7, 11) is 0. The number of aryl methyl sites for hydroxylation is 2. The zero-order chi connectivity index (χ0) is 14.5. The summed E-state index contributed by atoms with van der Waals surface area (Å²) in [5, 5.41) is 2.06. The molecular weight excluding hydrogens is 270 g/mol. The Hall–Kier alpha value is -1.68. The summed E-state index contributed by atoms with van der Waals surface area (Å²) in [6, 6.07) is 5.83. The molecule has 0 aliphatic rings. The minimum Gasteiger partial charge on any atom is -0.462 e. The van der Waals surface area contributed by atoms with Gasteiger partial charge < -0.3 is 4.74 Å². The lowest BCUT2D eigenvalue weighted by molar-refractivity contribution is 0.0524. The van der Waals surface area contributed by atoms with Crippen molar-refractivity contribution in [2.24, 2.45) is 0 Å². The third-order valence-corrected chi connectivity index (χ3v) is 4.09. The molecule has 0 saturated heterocycles. The molecule has 2 heterocycles. The standard InChI is InChI=1S/C16H19NO2S/c1-4-6-13-12(16(18)19-5-2)7-8-14(17-13)15-11(3)9-10-20-15/h7-10H,4-6H2,1-3H3. The quantitative estimate of drug-likeness (QED) is 0.772. The van der Waals surface area contributed by atoms with Crippen molar-refractivity contribution in [2.45, 2.75) is 33.6 Å². The van der Waals surface area contributed by atoms with Gasteiger partial charge in [-0.1, -0.05) is 13.3 Å². The fraction of sp³-hybridized carbons (Fsp3) is 0.375. The van der Waals surface area contributed by atoms with Crippen molar-refractivity contribution in [3.8, 4) is 10.6 Å². The fourth-order valence-corrected chi connectivity index (χ4v) is 2.98. The van der Waals surface area contributed by atoms with E-state index in [-0.39, 0.29) is 5.97 Å². The maximum atomic E-state index is 11.9. The average molecular weight is 289 g/mol. The van der Waals surface area contributed by atoms with E-state index < -0.39 is 0 Å². The maximum Gasteiger partial charge on any atom is 0.339 e. The molecule has 2 aromatic rings. The lowest BCUT2D eigenvalue weighted by atomic mass is 10.1. The number of pyridine rings is 1. The van der Waals surface area contributed by atoms with E-state index in [0.29, 0.717) is 12.2 Å². The van der Waals surface area contributed by atoms with Gasteiger partial charge in [0.05, 0.1) is 28.4 Å². The van der Waals surface area contributed by atoms with Crippen molar-refractivity contribution in [2.75, 3.05) is 6.61 Å². The SMILES string of the molecule is CCCc1nc(-c2sccc2C)ccc1C(=O)OCC. The largest absolute Gasteiger partial charge is 0.462 e. The normalized spacial score (nSPS) is 10.6. The first-order valence-corrected chi connectivity index (χ1v) is 7.76. The predicted octanol–water partition coefficient (Wildman–Crippen LogP) is 4.25. The van der Waals surface area contributed by atoms with Gasteiger partial charge in [0.25, 0.3) is 0 Å². The molecular formula is C16H19NO2S. The van der Waals surface area contributed by atoms with Gasteiger partial charge in [-0.25, -0.2) is 4.79 Å². The molecule has 0 saturated carbocycles. The molecule has 106 valence electrons. The Morgan fingerprint density at radius 2 is 2.10 bits per heavy atom. The maximum absolute atomic E-state index is 11.9. The fourth-order valence-electron chi connectivity index (χ4n) is 2.09. The first kappa shape index (κ1) is 14.7. The van der Waals surface area contributed by atoms with Gasteiger partial charge in [0.15, 0.2) is 0 Å². The second-order valence-corrected chi connectivity index (χ2v) is 5.51. The molecule has 0 aliphatic carbocycles. The summed E-state index contributed by atoms with van der Waals surface area (Å²) in [4.78, 5) is 17.8. The van der Waals surface area contributed by atoms with Crippen LogP contribution in [0.4, 0.5) is 0 Å². The van der Waals surface area contributed by atoms with Crippen molar-refractivity contribution < 1.29 is 9.53 Å². The molecule has 0 radical (unpaired) electrons. The Kier molecular flexibility index (Phi) is 4.90. The number of thiophene rings is 1. The van der Waals surface area contributed by atoms with Crippen LogP contribution in [0.5, 0.6) is 0 Å². The topological polar surface area (TPSA) is 39.2 Å². The van der Waals surface area contributed by atoms with Crippen LogP contribution in [0.3, 0.4) is 0 Å². The van der Waals surface area contributed by atoms with Crippen LogP contribution >= 0.6 is 11.3 Å². The molecule has 2 rings (SSSR count). The Balaban J connectivity index is 2.42. The number of nitrogens with zero attached hydrogens (tertiary/aromatic N) is 1. The minimum atomic E-state index is -0.280. The van der Waals surface area contributed by atoms with Gasteiger partial charge in [-0.2, -0.15) is 0 Å². The summed E-state index contributed by atoms with van der Waals surface area (Å²) in [5.74, 6) is -0.280. The third kappa shape index (κ3) is 3.07. The summed E-state index contributed by atoms with van der Waals surface area (Å²) in [5.41, 5.74) is 3.57. The summed E-state index contributed by atoms with van der Waals surface area (Å²) in [6.45, 7) is 6.36. The molecule has 0 N–H and O–H groups in total. The van der Waals surface area contributed by atoms with E-state index in [1.54, 1.807) is 11.3 Å². The highest BCUT2D eigenvalue weighted by molar-refractivity contribution is 7.13. The highest BCUT2D eigenvalue weighted by Gasteiger charge is 2.15. The van der Waals surface area contributed by atoms with Gasteiger partial charge in [-0.05, 0) is 49.4 Å². The van der Waals surface area contributed by atoms with Crippen molar-refractivity contribution in [1.82, 2.24) is 4.98 Å². The van der Waals surface area contributed by atoms with E-state index >= 15 is 0 Å². The molecule has 0 atom stereocenters. The summed E-state index contributed by atoms with van der Waals surface area (Å²) in [6.07, 6.45) is 1.73. The molecule has 4 heteroatoms. The molecule has 0 unspecified atom stereocenters. The van der Waals surface area contributed by atoms with E-state index in [1.807, 2.05) is 19.1 Å². The molecule has 2 aromatic heterocycles. The van der Waals surface area contributed by atoms with Crippen LogP contribution in [0.1, 0.15) is 41.9 Å². The number of esters is 1. The molecule has 20 heavy (non-hydrogen) atoms. The highest BCUT2D eigenvalue weighted by Crippen LogP contribution is 2.28. The van der Waals surface area contributed by atoms with Crippen LogP contribution in [0.15, 0.2) is 23.6 Å². The van der Waals surface area contributed by atoms with Crippen molar-refractivity contribution >= 4 is 17.3 Å².